The number of anilines is 1. The van der Waals surface area contributed by atoms with Crippen LogP contribution in [0.5, 0.6) is 11.5 Å². The largest absolute Gasteiger partial charge is 0.493 e. The Morgan fingerprint density at radius 1 is 0.967 bits per heavy atom. The molecule has 0 radical (unpaired) electrons. The molecule has 2 aromatic rings. The molecular weight excluding hydrogens is 388 g/mol. The second-order valence-corrected chi connectivity index (χ2v) is 6.71. The van der Waals surface area contributed by atoms with E-state index in [1.54, 1.807) is 6.07 Å². The van der Waals surface area contributed by atoms with Gasteiger partial charge in [0.25, 0.3) is 5.91 Å². The second kappa shape index (κ2) is 10.3. The molecule has 0 aromatic heterocycles. The zero-order valence-corrected chi connectivity index (χ0v) is 17.8. The number of carbonyl (C=O) groups excluding carboxylic acids is 3. The number of likely N-dealkylation sites (N-methyl/N-ethyl adjacent to an activating group) is 1. The number of nitrogens with zero attached hydrogens (tertiary/aromatic N) is 1. The number of hydrogen-bond acceptors (Lipinski definition) is 6. The van der Waals surface area contributed by atoms with Gasteiger partial charge in [-0.25, -0.2) is 4.79 Å². The Bertz CT molecular complexity index is 921. The van der Waals surface area contributed by atoms with Crippen molar-refractivity contribution in [3.8, 4) is 11.5 Å². The highest BCUT2D eigenvalue weighted by Gasteiger charge is 2.18. The first-order valence-electron chi connectivity index (χ1n) is 9.26. The van der Waals surface area contributed by atoms with Gasteiger partial charge in [-0.3, -0.25) is 9.59 Å². The molecule has 0 aliphatic carbocycles. The van der Waals surface area contributed by atoms with Crippen LogP contribution in [0.3, 0.4) is 0 Å². The lowest BCUT2D eigenvalue weighted by molar-refractivity contribution is -0.136. The summed E-state index contributed by atoms with van der Waals surface area (Å²) in [6.07, 6.45) is 0. The average molecular weight is 414 g/mol. The first-order chi connectivity index (χ1) is 14.3. The van der Waals surface area contributed by atoms with Crippen LogP contribution in [-0.4, -0.2) is 57.1 Å². The van der Waals surface area contributed by atoms with Crippen LogP contribution in [0.15, 0.2) is 36.4 Å². The van der Waals surface area contributed by atoms with Crippen molar-refractivity contribution in [1.29, 1.82) is 0 Å². The summed E-state index contributed by atoms with van der Waals surface area (Å²) >= 11 is 0. The summed E-state index contributed by atoms with van der Waals surface area (Å²) in [5.74, 6) is -0.675. The molecule has 0 atom stereocenters. The van der Waals surface area contributed by atoms with E-state index < -0.39 is 18.5 Å². The van der Waals surface area contributed by atoms with Gasteiger partial charge < -0.3 is 24.4 Å². The topological polar surface area (TPSA) is 94.2 Å². The zero-order chi connectivity index (χ0) is 22.3. The number of methoxy groups -OCH3 is 2. The van der Waals surface area contributed by atoms with Crippen LogP contribution in [0.4, 0.5) is 5.69 Å². The molecule has 8 nitrogen and oxygen atoms in total. The maximum atomic E-state index is 12.3. The smallest absolute Gasteiger partial charge is 0.338 e. The van der Waals surface area contributed by atoms with Crippen molar-refractivity contribution in [2.24, 2.45) is 0 Å². The van der Waals surface area contributed by atoms with Gasteiger partial charge in [0.05, 0.1) is 26.3 Å². The number of esters is 1. The fraction of sp³-hybridized carbons (Fsp3) is 0.318. The summed E-state index contributed by atoms with van der Waals surface area (Å²) in [6, 6.07) is 10.2. The van der Waals surface area contributed by atoms with Crippen molar-refractivity contribution < 1.29 is 28.6 Å². The standard InChI is InChI=1S/C22H26N2O6/c1-14-7-6-8-15(2)21(14)23-19(25)12-24(3)20(26)13-30-22(27)16-9-10-17(28-4)18(11-16)29-5/h6-11H,12-13H2,1-5H3,(H,23,25). The number of amides is 2. The quantitative estimate of drug-likeness (QED) is 0.668. The minimum Gasteiger partial charge on any atom is -0.493 e. The number of carbonyl (C=O) groups is 3. The molecule has 2 rings (SSSR count). The summed E-state index contributed by atoms with van der Waals surface area (Å²) < 4.78 is 15.3. The maximum absolute atomic E-state index is 12.3. The number of aryl methyl sites for hydroxylation is 2. The molecule has 30 heavy (non-hydrogen) atoms. The number of para-hydroxylation sites is 1. The van der Waals surface area contributed by atoms with E-state index in [9.17, 15) is 14.4 Å². The van der Waals surface area contributed by atoms with Gasteiger partial charge in [0.1, 0.15) is 0 Å². The second-order valence-electron chi connectivity index (χ2n) is 6.71. The van der Waals surface area contributed by atoms with Crippen molar-refractivity contribution in [2.75, 3.05) is 39.7 Å². The Morgan fingerprint density at radius 2 is 1.60 bits per heavy atom. The molecule has 1 N–H and O–H groups in total. The summed E-state index contributed by atoms with van der Waals surface area (Å²) in [7, 11) is 4.41. The summed E-state index contributed by atoms with van der Waals surface area (Å²) in [4.78, 5) is 37.9. The molecule has 2 amide bonds. The summed E-state index contributed by atoms with van der Waals surface area (Å²) in [6.45, 7) is 3.14. The van der Waals surface area contributed by atoms with Crippen LogP contribution >= 0.6 is 0 Å². The van der Waals surface area contributed by atoms with E-state index in [1.807, 2.05) is 32.0 Å². The Hall–Kier alpha value is -3.55. The summed E-state index contributed by atoms with van der Waals surface area (Å²) in [5.41, 5.74) is 2.81. The molecule has 0 bridgehead atoms. The van der Waals surface area contributed by atoms with Crippen LogP contribution in [-0.2, 0) is 14.3 Å². The summed E-state index contributed by atoms with van der Waals surface area (Å²) in [5, 5.41) is 2.81. The molecule has 8 heteroatoms. The Morgan fingerprint density at radius 3 is 2.20 bits per heavy atom. The molecule has 0 heterocycles. The van der Waals surface area contributed by atoms with Gasteiger partial charge >= 0.3 is 5.97 Å². The number of benzene rings is 2. The molecule has 0 spiro atoms. The lowest BCUT2D eigenvalue weighted by atomic mass is 10.1. The molecule has 0 saturated heterocycles. The van der Waals surface area contributed by atoms with Crippen LogP contribution in [0.25, 0.3) is 0 Å². The van der Waals surface area contributed by atoms with Crippen molar-refractivity contribution in [3.63, 3.8) is 0 Å². The lowest BCUT2D eigenvalue weighted by Gasteiger charge is -2.18. The van der Waals surface area contributed by atoms with Crippen LogP contribution in [0, 0.1) is 13.8 Å². The molecule has 0 saturated carbocycles. The maximum Gasteiger partial charge on any atom is 0.338 e. The SMILES string of the molecule is COc1ccc(C(=O)OCC(=O)N(C)CC(=O)Nc2c(C)cccc2C)cc1OC. The van der Waals surface area contributed by atoms with Gasteiger partial charge in [0.2, 0.25) is 5.91 Å². The van der Waals surface area contributed by atoms with Crippen LogP contribution in [0.2, 0.25) is 0 Å². The monoisotopic (exact) mass is 414 g/mol. The minimum atomic E-state index is -0.683. The van der Waals surface area contributed by atoms with Gasteiger partial charge in [-0.1, -0.05) is 18.2 Å². The minimum absolute atomic E-state index is 0.166. The Kier molecular flexibility index (Phi) is 7.80. The van der Waals surface area contributed by atoms with Crippen molar-refractivity contribution in [1.82, 2.24) is 4.90 Å². The fourth-order valence-electron chi connectivity index (χ4n) is 2.78. The molecule has 0 aliphatic heterocycles. The number of hydrogen-bond donors (Lipinski definition) is 1. The molecule has 160 valence electrons. The average Bonchev–Trinajstić information content (AvgIpc) is 2.73. The number of rotatable bonds is 8. The normalized spacial score (nSPS) is 10.2. The molecular formula is C22H26N2O6. The zero-order valence-electron chi connectivity index (χ0n) is 17.8. The first kappa shape index (κ1) is 22.7. The van der Waals surface area contributed by atoms with Gasteiger partial charge in [-0.05, 0) is 43.2 Å². The van der Waals surface area contributed by atoms with Crippen molar-refractivity contribution in [3.05, 3.63) is 53.1 Å². The highest BCUT2D eigenvalue weighted by Crippen LogP contribution is 2.27. The predicted molar refractivity (Wildman–Crippen MR) is 112 cm³/mol. The third-order valence-corrected chi connectivity index (χ3v) is 4.50. The molecule has 2 aromatic carbocycles. The number of ether oxygens (including phenoxy) is 3. The van der Waals surface area contributed by atoms with Gasteiger partial charge in [-0.15, -0.1) is 0 Å². The van der Waals surface area contributed by atoms with E-state index in [2.05, 4.69) is 5.32 Å². The highest BCUT2D eigenvalue weighted by atomic mass is 16.5. The fourth-order valence-corrected chi connectivity index (χ4v) is 2.78. The van der Waals surface area contributed by atoms with Crippen molar-refractivity contribution in [2.45, 2.75) is 13.8 Å². The van der Waals surface area contributed by atoms with E-state index in [1.165, 1.54) is 38.3 Å². The number of nitrogens with one attached hydrogen (secondary N) is 1. The Labute approximate surface area is 175 Å². The lowest BCUT2D eigenvalue weighted by Crippen LogP contribution is -2.37. The third-order valence-electron chi connectivity index (χ3n) is 4.50. The van der Waals surface area contributed by atoms with E-state index in [-0.39, 0.29) is 18.0 Å². The van der Waals surface area contributed by atoms with Gasteiger partial charge in [-0.2, -0.15) is 0 Å². The molecule has 0 unspecified atom stereocenters. The van der Waals surface area contributed by atoms with Gasteiger partial charge in [0, 0.05) is 12.7 Å². The third kappa shape index (κ3) is 5.73. The van der Waals surface area contributed by atoms with E-state index >= 15 is 0 Å². The highest BCUT2D eigenvalue weighted by molar-refractivity contribution is 5.96. The molecule has 0 fully saturated rings. The Balaban J connectivity index is 1.89. The van der Waals surface area contributed by atoms with E-state index in [0.29, 0.717) is 11.5 Å². The first-order valence-corrected chi connectivity index (χ1v) is 9.26. The van der Waals surface area contributed by atoms with E-state index in [0.717, 1.165) is 16.8 Å². The molecule has 0 aliphatic rings. The van der Waals surface area contributed by atoms with Crippen LogP contribution in [0.1, 0.15) is 21.5 Å². The van der Waals surface area contributed by atoms with E-state index in [4.69, 9.17) is 14.2 Å². The predicted octanol–water partition coefficient (Wildman–Crippen LogP) is 2.57. The van der Waals surface area contributed by atoms with Crippen molar-refractivity contribution >= 4 is 23.5 Å². The van der Waals surface area contributed by atoms with Crippen LogP contribution < -0.4 is 14.8 Å². The van der Waals surface area contributed by atoms with Gasteiger partial charge in [0.15, 0.2) is 18.1 Å².